The molecular weight excluding hydrogens is 343 g/mol. The maximum atomic E-state index is 12.1. The van der Waals surface area contributed by atoms with Crippen LogP contribution in [-0.2, 0) is 6.42 Å². The molecule has 0 fully saturated rings. The lowest BCUT2D eigenvalue weighted by molar-refractivity contribution is -0.274. The van der Waals surface area contributed by atoms with E-state index in [1.165, 1.54) is 23.5 Å². The van der Waals surface area contributed by atoms with Gasteiger partial charge in [-0.25, -0.2) is 0 Å². The Labute approximate surface area is 140 Å². The van der Waals surface area contributed by atoms with Gasteiger partial charge >= 0.3 is 6.36 Å². The van der Waals surface area contributed by atoms with E-state index in [-0.39, 0.29) is 18.2 Å². The SMILES string of the molecule is CCc1ccsc1C(=O)NCC(O)c1ccc(OC(F)(F)F)cc1. The second-order valence-corrected chi connectivity index (χ2v) is 5.89. The molecule has 0 spiro atoms. The molecule has 24 heavy (non-hydrogen) atoms. The van der Waals surface area contributed by atoms with Crippen molar-refractivity contribution in [2.75, 3.05) is 6.54 Å². The highest BCUT2D eigenvalue weighted by Gasteiger charge is 2.31. The van der Waals surface area contributed by atoms with Crippen LogP contribution < -0.4 is 10.1 Å². The summed E-state index contributed by atoms with van der Waals surface area (Å²) in [6.07, 6.45) is -5.06. The third kappa shape index (κ3) is 4.97. The zero-order valence-corrected chi connectivity index (χ0v) is 13.6. The van der Waals surface area contributed by atoms with Gasteiger partial charge in [0, 0.05) is 6.54 Å². The minimum atomic E-state index is -4.76. The molecule has 0 aliphatic carbocycles. The lowest BCUT2D eigenvalue weighted by atomic mass is 10.1. The van der Waals surface area contributed by atoms with Gasteiger partial charge in [0.1, 0.15) is 5.75 Å². The Kier molecular flexibility index (Phi) is 5.84. The van der Waals surface area contributed by atoms with Crippen molar-refractivity contribution in [1.82, 2.24) is 5.32 Å². The normalized spacial score (nSPS) is 12.7. The minimum Gasteiger partial charge on any atom is -0.406 e. The van der Waals surface area contributed by atoms with E-state index in [0.717, 1.165) is 24.1 Å². The van der Waals surface area contributed by atoms with E-state index in [4.69, 9.17) is 0 Å². The molecule has 2 N–H and O–H groups in total. The zero-order chi connectivity index (χ0) is 17.7. The van der Waals surface area contributed by atoms with Crippen LogP contribution in [0.4, 0.5) is 13.2 Å². The number of rotatable bonds is 6. The number of alkyl halides is 3. The molecule has 1 aromatic heterocycles. The number of aliphatic hydroxyl groups is 1. The topological polar surface area (TPSA) is 58.6 Å². The predicted molar refractivity (Wildman–Crippen MR) is 84.1 cm³/mol. The first-order chi connectivity index (χ1) is 11.3. The fourth-order valence-corrected chi connectivity index (χ4v) is 3.00. The van der Waals surface area contributed by atoms with Crippen molar-refractivity contribution in [3.63, 3.8) is 0 Å². The second kappa shape index (κ2) is 7.67. The number of amides is 1. The number of thiophene rings is 1. The van der Waals surface area contributed by atoms with E-state index in [1.54, 1.807) is 0 Å². The summed E-state index contributed by atoms with van der Waals surface area (Å²) in [6.45, 7) is 1.90. The van der Waals surface area contributed by atoms with Gasteiger partial charge in [0.25, 0.3) is 5.91 Å². The number of hydrogen-bond acceptors (Lipinski definition) is 4. The highest BCUT2D eigenvalue weighted by atomic mass is 32.1. The maximum absolute atomic E-state index is 12.1. The summed E-state index contributed by atoms with van der Waals surface area (Å²) < 4.78 is 40.0. The Hall–Kier alpha value is -2.06. The molecule has 1 unspecified atom stereocenters. The number of nitrogens with one attached hydrogen (secondary N) is 1. The molecule has 0 saturated heterocycles. The van der Waals surface area contributed by atoms with Crippen LogP contribution in [0.2, 0.25) is 0 Å². The fourth-order valence-electron chi connectivity index (χ4n) is 2.09. The van der Waals surface area contributed by atoms with Crippen LogP contribution in [0.25, 0.3) is 0 Å². The Balaban J connectivity index is 1.92. The average molecular weight is 359 g/mol. The summed E-state index contributed by atoms with van der Waals surface area (Å²) >= 11 is 1.32. The number of benzene rings is 1. The van der Waals surface area contributed by atoms with E-state index in [1.807, 2.05) is 18.4 Å². The molecule has 0 saturated carbocycles. The van der Waals surface area contributed by atoms with Crippen molar-refractivity contribution >= 4 is 17.2 Å². The Morgan fingerprint density at radius 3 is 2.54 bits per heavy atom. The van der Waals surface area contributed by atoms with Crippen LogP contribution in [0.5, 0.6) is 5.75 Å². The molecule has 1 aromatic carbocycles. The summed E-state index contributed by atoms with van der Waals surface area (Å²) in [5.74, 6) is -0.647. The number of aliphatic hydroxyl groups excluding tert-OH is 1. The van der Waals surface area contributed by atoms with E-state index in [0.29, 0.717) is 10.4 Å². The van der Waals surface area contributed by atoms with Crippen LogP contribution in [0.3, 0.4) is 0 Å². The number of ether oxygens (including phenoxy) is 1. The molecule has 130 valence electrons. The highest BCUT2D eigenvalue weighted by molar-refractivity contribution is 7.12. The predicted octanol–water partition coefficient (Wildman–Crippen LogP) is 3.67. The van der Waals surface area contributed by atoms with Gasteiger partial charge < -0.3 is 15.2 Å². The summed E-state index contributed by atoms with van der Waals surface area (Å²) in [7, 11) is 0. The van der Waals surface area contributed by atoms with Crippen molar-refractivity contribution in [1.29, 1.82) is 0 Å². The van der Waals surface area contributed by atoms with E-state index >= 15 is 0 Å². The molecule has 1 atom stereocenters. The van der Waals surface area contributed by atoms with Gasteiger partial charge in [-0.05, 0) is 41.1 Å². The quantitative estimate of drug-likeness (QED) is 0.827. The maximum Gasteiger partial charge on any atom is 0.573 e. The van der Waals surface area contributed by atoms with Crippen LogP contribution >= 0.6 is 11.3 Å². The van der Waals surface area contributed by atoms with Gasteiger partial charge in [0.05, 0.1) is 11.0 Å². The third-order valence-corrected chi connectivity index (χ3v) is 4.24. The first-order valence-electron chi connectivity index (χ1n) is 7.18. The number of aryl methyl sites for hydroxylation is 1. The van der Waals surface area contributed by atoms with Gasteiger partial charge in [-0.15, -0.1) is 24.5 Å². The third-order valence-electron chi connectivity index (χ3n) is 3.29. The van der Waals surface area contributed by atoms with Crippen molar-refractivity contribution < 1.29 is 27.8 Å². The lowest BCUT2D eigenvalue weighted by Crippen LogP contribution is -2.28. The molecule has 1 amide bonds. The molecule has 2 aromatic rings. The zero-order valence-electron chi connectivity index (χ0n) is 12.8. The molecule has 0 aliphatic rings. The molecule has 0 radical (unpaired) electrons. The highest BCUT2D eigenvalue weighted by Crippen LogP contribution is 2.24. The van der Waals surface area contributed by atoms with Gasteiger partial charge in [-0.1, -0.05) is 19.1 Å². The Morgan fingerprint density at radius 1 is 1.29 bits per heavy atom. The molecule has 2 rings (SSSR count). The van der Waals surface area contributed by atoms with Gasteiger partial charge in [0.15, 0.2) is 0 Å². The lowest BCUT2D eigenvalue weighted by Gasteiger charge is -2.14. The van der Waals surface area contributed by atoms with Gasteiger partial charge in [-0.3, -0.25) is 4.79 Å². The van der Waals surface area contributed by atoms with E-state index in [2.05, 4.69) is 10.1 Å². The molecule has 0 aliphatic heterocycles. The summed E-state index contributed by atoms with van der Waals surface area (Å²) in [5, 5.41) is 14.5. The molecule has 8 heteroatoms. The van der Waals surface area contributed by atoms with E-state index in [9.17, 15) is 23.1 Å². The standard InChI is InChI=1S/C16H16F3NO3S/c1-2-10-7-8-24-14(10)15(22)20-9-13(21)11-3-5-12(6-4-11)23-16(17,18)19/h3-8,13,21H,2,9H2,1H3,(H,20,22). The van der Waals surface area contributed by atoms with Crippen LogP contribution in [-0.4, -0.2) is 23.9 Å². The minimum absolute atomic E-state index is 0.0423. The summed E-state index contributed by atoms with van der Waals surface area (Å²) in [5.41, 5.74) is 1.31. The summed E-state index contributed by atoms with van der Waals surface area (Å²) in [4.78, 5) is 12.7. The Bertz CT molecular complexity index is 683. The molecular formula is C16H16F3NO3S. The molecule has 0 bridgehead atoms. The smallest absolute Gasteiger partial charge is 0.406 e. The van der Waals surface area contributed by atoms with Crippen molar-refractivity contribution in [3.8, 4) is 5.75 Å². The number of hydrogen-bond donors (Lipinski definition) is 2. The fraction of sp³-hybridized carbons (Fsp3) is 0.312. The van der Waals surface area contributed by atoms with Crippen molar-refractivity contribution in [3.05, 3.63) is 51.7 Å². The molecule has 4 nitrogen and oxygen atoms in total. The number of halogens is 3. The van der Waals surface area contributed by atoms with Gasteiger partial charge in [0.2, 0.25) is 0 Å². The van der Waals surface area contributed by atoms with Crippen molar-refractivity contribution in [2.45, 2.75) is 25.8 Å². The van der Waals surface area contributed by atoms with Crippen LogP contribution in [0.1, 0.15) is 33.8 Å². The second-order valence-electron chi connectivity index (χ2n) is 4.97. The van der Waals surface area contributed by atoms with Crippen LogP contribution in [0.15, 0.2) is 35.7 Å². The number of carbonyl (C=O) groups is 1. The van der Waals surface area contributed by atoms with Crippen molar-refractivity contribution in [2.24, 2.45) is 0 Å². The van der Waals surface area contributed by atoms with E-state index < -0.39 is 12.5 Å². The molecule has 1 heterocycles. The first kappa shape index (κ1) is 18.3. The largest absolute Gasteiger partial charge is 0.573 e. The average Bonchev–Trinajstić information content (AvgIpc) is 3.00. The first-order valence-corrected chi connectivity index (χ1v) is 8.06. The summed E-state index contributed by atoms with van der Waals surface area (Å²) in [6, 6.07) is 6.74. The van der Waals surface area contributed by atoms with Crippen LogP contribution in [0, 0.1) is 0 Å². The monoisotopic (exact) mass is 359 g/mol. The Morgan fingerprint density at radius 2 is 1.96 bits per heavy atom. The number of carbonyl (C=O) groups excluding carboxylic acids is 1. The van der Waals surface area contributed by atoms with Gasteiger partial charge in [-0.2, -0.15) is 0 Å².